The van der Waals surface area contributed by atoms with Crippen LogP contribution in [0, 0.1) is 6.92 Å². The van der Waals surface area contributed by atoms with E-state index in [0.29, 0.717) is 0 Å². The summed E-state index contributed by atoms with van der Waals surface area (Å²) in [4.78, 5) is 11.9. The van der Waals surface area contributed by atoms with Crippen LogP contribution >= 0.6 is 0 Å². The molecule has 2 N–H and O–H groups in total. The van der Waals surface area contributed by atoms with Gasteiger partial charge in [0.25, 0.3) is 5.91 Å². The van der Waals surface area contributed by atoms with Crippen molar-refractivity contribution < 1.29 is 9.53 Å². The van der Waals surface area contributed by atoms with Crippen molar-refractivity contribution >= 4 is 5.91 Å². The summed E-state index contributed by atoms with van der Waals surface area (Å²) in [6, 6.07) is 6.24. The van der Waals surface area contributed by atoms with Crippen molar-refractivity contribution in [1.82, 2.24) is 10.6 Å². The molecule has 0 aliphatic heterocycles. The van der Waals surface area contributed by atoms with Crippen LogP contribution < -0.4 is 15.4 Å². The van der Waals surface area contributed by atoms with E-state index in [1.54, 1.807) is 0 Å². The fourth-order valence-electron chi connectivity index (χ4n) is 2.15. The Balaban J connectivity index is 2.63. The van der Waals surface area contributed by atoms with E-state index in [9.17, 15) is 4.79 Å². The molecule has 0 saturated heterocycles. The molecular formula is C16H26N2O2. The summed E-state index contributed by atoms with van der Waals surface area (Å²) in [7, 11) is 1.89. The van der Waals surface area contributed by atoms with Crippen molar-refractivity contribution in [2.75, 3.05) is 13.7 Å². The molecule has 1 aromatic rings. The minimum atomic E-state index is -0.0580. The number of para-hydroxylation sites is 1. The number of amides is 1. The fourth-order valence-corrected chi connectivity index (χ4v) is 2.15. The smallest absolute Gasteiger partial charge is 0.258 e. The molecule has 112 valence electrons. The Morgan fingerprint density at radius 1 is 1.30 bits per heavy atom. The van der Waals surface area contributed by atoms with E-state index in [-0.39, 0.29) is 18.6 Å². The number of aryl methyl sites for hydroxylation is 1. The topological polar surface area (TPSA) is 50.4 Å². The molecule has 0 aromatic heterocycles. The molecule has 4 heteroatoms. The average molecular weight is 278 g/mol. The van der Waals surface area contributed by atoms with Crippen LogP contribution in [-0.2, 0) is 11.3 Å². The number of carbonyl (C=O) groups is 1. The average Bonchev–Trinajstić information content (AvgIpc) is 2.44. The summed E-state index contributed by atoms with van der Waals surface area (Å²) in [5.41, 5.74) is 2.12. The minimum Gasteiger partial charge on any atom is -0.483 e. The minimum absolute atomic E-state index is 0.0580. The van der Waals surface area contributed by atoms with Crippen LogP contribution in [0.3, 0.4) is 0 Å². The van der Waals surface area contributed by atoms with Gasteiger partial charge in [-0.05, 0) is 32.4 Å². The van der Waals surface area contributed by atoms with Gasteiger partial charge in [-0.15, -0.1) is 0 Å². The first-order valence-electron chi connectivity index (χ1n) is 7.27. The quantitative estimate of drug-likeness (QED) is 0.767. The number of hydrogen-bond donors (Lipinski definition) is 2. The number of carbonyl (C=O) groups excluding carboxylic acids is 1. The third kappa shape index (κ3) is 4.85. The van der Waals surface area contributed by atoms with Crippen LogP contribution in [0.4, 0.5) is 0 Å². The number of hydrogen-bond acceptors (Lipinski definition) is 3. The Kier molecular flexibility index (Phi) is 7.09. The molecular weight excluding hydrogens is 252 g/mol. The molecule has 0 heterocycles. The highest BCUT2D eigenvalue weighted by atomic mass is 16.5. The lowest BCUT2D eigenvalue weighted by molar-refractivity contribution is -0.123. The second kappa shape index (κ2) is 8.59. The third-order valence-corrected chi connectivity index (χ3v) is 3.36. The second-order valence-corrected chi connectivity index (χ2v) is 4.96. The summed E-state index contributed by atoms with van der Waals surface area (Å²) in [5.74, 6) is 0.749. The van der Waals surface area contributed by atoms with Crippen LogP contribution in [0.1, 0.15) is 37.8 Å². The van der Waals surface area contributed by atoms with Gasteiger partial charge in [-0.25, -0.2) is 0 Å². The zero-order chi connectivity index (χ0) is 15.0. The number of nitrogens with one attached hydrogen (secondary N) is 2. The summed E-state index contributed by atoms with van der Waals surface area (Å²) >= 11 is 0. The van der Waals surface area contributed by atoms with E-state index < -0.39 is 0 Å². The van der Waals surface area contributed by atoms with Crippen molar-refractivity contribution in [1.29, 1.82) is 0 Å². The second-order valence-electron chi connectivity index (χ2n) is 4.96. The van der Waals surface area contributed by atoms with Crippen LogP contribution in [0.5, 0.6) is 5.75 Å². The van der Waals surface area contributed by atoms with Crippen LogP contribution in [0.2, 0.25) is 0 Å². The van der Waals surface area contributed by atoms with E-state index in [2.05, 4.69) is 24.5 Å². The predicted molar refractivity (Wildman–Crippen MR) is 82.0 cm³/mol. The zero-order valence-corrected chi connectivity index (χ0v) is 13.0. The maximum Gasteiger partial charge on any atom is 0.258 e. The van der Waals surface area contributed by atoms with Gasteiger partial charge in [0, 0.05) is 18.2 Å². The van der Waals surface area contributed by atoms with Crippen molar-refractivity contribution in [3.8, 4) is 5.75 Å². The van der Waals surface area contributed by atoms with Gasteiger partial charge >= 0.3 is 0 Å². The lowest BCUT2D eigenvalue weighted by Gasteiger charge is -2.17. The Morgan fingerprint density at radius 3 is 2.60 bits per heavy atom. The van der Waals surface area contributed by atoms with E-state index in [1.807, 2.05) is 32.2 Å². The lowest BCUT2D eigenvalue weighted by Crippen LogP contribution is -2.37. The molecule has 0 spiro atoms. The Bertz CT molecular complexity index is 428. The molecule has 0 bridgehead atoms. The summed E-state index contributed by atoms with van der Waals surface area (Å²) < 4.78 is 5.72. The lowest BCUT2D eigenvalue weighted by atomic mass is 10.1. The van der Waals surface area contributed by atoms with E-state index >= 15 is 0 Å². The zero-order valence-electron chi connectivity index (χ0n) is 13.0. The van der Waals surface area contributed by atoms with Crippen molar-refractivity contribution in [3.63, 3.8) is 0 Å². The van der Waals surface area contributed by atoms with Crippen molar-refractivity contribution in [2.24, 2.45) is 0 Å². The number of rotatable bonds is 8. The van der Waals surface area contributed by atoms with E-state index in [4.69, 9.17) is 4.74 Å². The number of benzene rings is 1. The fraction of sp³-hybridized carbons (Fsp3) is 0.562. The van der Waals surface area contributed by atoms with Gasteiger partial charge in [0.15, 0.2) is 6.61 Å². The highest BCUT2D eigenvalue weighted by Crippen LogP contribution is 2.23. The monoisotopic (exact) mass is 278 g/mol. The molecule has 0 unspecified atom stereocenters. The van der Waals surface area contributed by atoms with Crippen molar-refractivity contribution in [2.45, 2.75) is 46.2 Å². The maximum absolute atomic E-state index is 11.9. The van der Waals surface area contributed by atoms with Gasteiger partial charge in [0.1, 0.15) is 5.75 Å². The van der Waals surface area contributed by atoms with Crippen molar-refractivity contribution in [3.05, 3.63) is 29.3 Å². The van der Waals surface area contributed by atoms with E-state index in [0.717, 1.165) is 36.3 Å². The molecule has 0 aliphatic carbocycles. The SMILES string of the molecule is CCC(CC)NC(=O)COc1c(C)cccc1CNC. The van der Waals surface area contributed by atoms with Crippen LogP contribution in [-0.4, -0.2) is 25.6 Å². The Hall–Kier alpha value is -1.55. The van der Waals surface area contributed by atoms with Gasteiger partial charge in [-0.3, -0.25) is 4.79 Å². The first-order valence-corrected chi connectivity index (χ1v) is 7.27. The van der Waals surface area contributed by atoms with Gasteiger partial charge in [0.2, 0.25) is 0 Å². The molecule has 0 aliphatic rings. The molecule has 4 nitrogen and oxygen atoms in total. The van der Waals surface area contributed by atoms with Gasteiger partial charge in [-0.2, -0.15) is 0 Å². The van der Waals surface area contributed by atoms with Crippen LogP contribution in [0.15, 0.2) is 18.2 Å². The van der Waals surface area contributed by atoms with E-state index in [1.165, 1.54) is 0 Å². The molecule has 0 saturated carbocycles. The molecule has 0 fully saturated rings. The predicted octanol–water partition coefficient (Wildman–Crippen LogP) is 2.40. The first-order chi connectivity index (χ1) is 9.62. The third-order valence-electron chi connectivity index (χ3n) is 3.36. The molecule has 0 radical (unpaired) electrons. The van der Waals surface area contributed by atoms with Gasteiger partial charge in [-0.1, -0.05) is 32.0 Å². The summed E-state index contributed by atoms with van der Waals surface area (Å²) in [5, 5.41) is 6.09. The highest BCUT2D eigenvalue weighted by Gasteiger charge is 2.11. The highest BCUT2D eigenvalue weighted by molar-refractivity contribution is 5.77. The largest absolute Gasteiger partial charge is 0.483 e. The maximum atomic E-state index is 11.9. The van der Waals surface area contributed by atoms with Crippen LogP contribution in [0.25, 0.3) is 0 Å². The standard InChI is InChI=1S/C16H26N2O2/c1-5-14(6-2)18-15(19)11-20-16-12(3)8-7-9-13(16)10-17-4/h7-9,14,17H,5-6,10-11H2,1-4H3,(H,18,19). The molecule has 1 amide bonds. The Labute approximate surface area is 121 Å². The van der Waals surface area contributed by atoms with Gasteiger partial charge < -0.3 is 15.4 Å². The molecule has 20 heavy (non-hydrogen) atoms. The summed E-state index contributed by atoms with van der Waals surface area (Å²) in [6.45, 7) is 6.93. The first kappa shape index (κ1) is 16.5. The number of ether oxygens (including phenoxy) is 1. The summed E-state index contributed by atoms with van der Waals surface area (Å²) in [6.07, 6.45) is 1.88. The molecule has 0 atom stereocenters. The van der Waals surface area contributed by atoms with Gasteiger partial charge in [0.05, 0.1) is 0 Å². The normalized spacial score (nSPS) is 10.7. The molecule has 1 aromatic carbocycles. The molecule has 1 rings (SSSR count). The Morgan fingerprint density at radius 2 is 2.00 bits per heavy atom.